The SMILES string of the molecule is O=C1NCCN1CCNc1nc2c(c(=O)[nH]1)Cc1ccccc1OC2. The predicted octanol–water partition coefficient (Wildman–Crippen LogP) is 0.690. The van der Waals surface area contributed by atoms with Crippen molar-refractivity contribution in [1.82, 2.24) is 20.2 Å². The molecule has 1 saturated heterocycles. The topological polar surface area (TPSA) is 99.4 Å². The molecule has 0 saturated carbocycles. The highest BCUT2D eigenvalue weighted by Gasteiger charge is 2.20. The first-order chi connectivity index (χ1) is 12.2. The van der Waals surface area contributed by atoms with Crippen LogP contribution in [-0.2, 0) is 13.0 Å². The molecule has 2 aliphatic rings. The molecule has 0 aliphatic carbocycles. The molecule has 3 heterocycles. The molecule has 0 spiro atoms. The Morgan fingerprint density at radius 3 is 3.00 bits per heavy atom. The van der Waals surface area contributed by atoms with Crippen molar-refractivity contribution in [3.05, 3.63) is 51.4 Å². The van der Waals surface area contributed by atoms with Crippen molar-refractivity contribution in [2.45, 2.75) is 13.0 Å². The maximum Gasteiger partial charge on any atom is 0.317 e. The second-order valence-electron chi connectivity index (χ2n) is 6.06. The van der Waals surface area contributed by atoms with Crippen molar-refractivity contribution in [1.29, 1.82) is 0 Å². The van der Waals surface area contributed by atoms with E-state index in [2.05, 4.69) is 20.6 Å². The lowest BCUT2D eigenvalue weighted by atomic mass is 10.1. The lowest BCUT2D eigenvalue weighted by molar-refractivity contribution is 0.219. The van der Waals surface area contributed by atoms with Gasteiger partial charge in [-0.2, -0.15) is 0 Å². The molecule has 4 rings (SSSR count). The molecule has 0 bridgehead atoms. The lowest BCUT2D eigenvalue weighted by Gasteiger charge is -2.15. The van der Waals surface area contributed by atoms with Gasteiger partial charge in [-0.3, -0.25) is 9.78 Å². The molecule has 1 aromatic heterocycles. The summed E-state index contributed by atoms with van der Waals surface area (Å²) in [5.74, 6) is 1.19. The maximum atomic E-state index is 12.5. The summed E-state index contributed by atoms with van der Waals surface area (Å²) in [4.78, 5) is 32.9. The predicted molar refractivity (Wildman–Crippen MR) is 91.9 cm³/mol. The summed E-state index contributed by atoms with van der Waals surface area (Å²) in [5.41, 5.74) is 2.09. The Balaban J connectivity index is 1.48. The number of rotatable bonds is 4. The number of ether oxygens (including phenoxy) is 1. The number of nitrogens with one attached hydrogen (secondary N) is 3. The molecule has 8 nitrogen and oxygen atoms in total. The van der Waals surface area contributed by atoms with E-state index >= 15 is 0 Å². The Kier molecular flexibility index (Phi) is 4.01. The summed E-state index contributed by atoms with van der Waals surface area (Å²) in [6.07, 6.45) is 0.502. The number of benzene rings is 1. The van der Waals surface area contributed by atoms with E-state index < -0.39 is 0 Å². The van der Waals surface area contributed by atoms with Crippen molar-refractivity contribution in [2.75, 3.05) is 31.5 Å². The summed E-state index contributed by atoms with van der Waals surface area (Å²) in [5, 5.41) is 5.83. The zero-order valence-corrected chi connectivity index (χ0v) is 13.7. The smallest absolute Gasteiger partial charge is 0.317 e. The van der Waals surface area contributed by atoms with Crippen molar-refractivity contribution >= 4 is 12.0 Å². The molecule has 25 heavy (non-hydrogen) atoms. The van der Waals surface area contributed by atoms with Gasteiger partial charge in [-0.25, -0.2) is 9.78 Å². The van der Waals surface area contributed by atoms with Crippen molar-refractivity contribution < 1.29 is 9.53 Å². The largest absolute Gasteiger partial charge is 0.487 e. The summed E-state index contributed by atoms with van der Waals surface area (Å²) in [6, 6.07) is 7.64. The number of para-hydroxylation sites is 1. The molecule has 3 N–H and O–H groups in total. The number of urea groups is 1. The van der Waals surface area contributed by atoms with Crippen LogP contribution in [0.25, 0.3) is 0 Å². The summed E-state index contributed by atoms with van der Waals surface area (Å²) in [7, 11) is 0. The van der Waals surface area contributed by atoms with Crippen LogP contribution in [0.4, 0.5) is 10.7 Å². The summed E-state index contributed by atoms with van der Waals surface area (Å²) < 4.78 is 5.78. The van der Waals surface area contributed by atoms with Crippen LogP contribution in [0.5, 0.6) is 5.75 Å². The normalized spacial score (nSPS) is 15.7. The molecule has 2 aliphatic heterocycles. The molecule has 0 atom stereocenters. The monoisotopic (exact) mass is 341 g/mol. The van der Waals surface area contributed by atoms with Gasteiger partial charge in [0.2, 0.25) is 5.95 Å². The van der Waals surface area contributed by atoms with E-state index in [0.717, 1.165) is 11.3 Å². The van der Waals surface area contributed by atoms with Gasteiger partial charge in [0.15, 0.2) is 0 Å². The fraction of sp³-hybridized carbons (Fsp3) is 0.353. The number of aromatic amines is 1. The standard InChI is InChI=1S/C17H19N5O3/c23-15-12-9-11-3-1-2-4-14(11)25-10-13(12)20-16(21-15)18-5-7-22-8-6-19-17(22)24/h1-4H,5-10H2,(H,19,24)(H2,18,20,21,23). The van der Waals surface area contributed by atoms with Gasteiger partial charge in [0.25, 0.3) is 5.56 Å². The number of carbonyl (C=O) groups is 1. The van der Waals surface area contributed by atoms with Crippen LogP contribution in [0.2, 0.25) is 0 Å². The first-order valence-electron chi connectivity index (χ1n) is 8.30. The second-order valence-corrected chi connectivity index (χ2v) is 6.06. The molecule has 130 valence electrons. The molecule has 1 aromatic carbocycles. The molecule has 1 fully saturated rings. The average molecular weight is 341 g/mol. The number of amides is 2. The van der Waals surface area contributed by atoms with E-state index in [0.29, 0.717) is 49.8 Å². The van der Waals surface area contributed by atoms with Crippen LogP contribution in [0.3, 0.4) is 0 Å². The molecule has 8 heteroatoms. The van der Waals surface area contributed by atoms with E-state index in [1.54, 1.807) is 4.90 Å². The summed E-state index contributed by atoms with van der Waals surface area (Å²) in [6.45, 7) is 2.69. The van der Waals surface area contributed by atoms with Gasteiger partial charge in [0.05, 0.1) is 5.69 Å². The highest BCUT2D eigenvalue weighted by atomic mass is 16.5. The van der Waals surface area contributed by atoms with Gasteiger partial charge >= 0.3 is 6.03 Å². The van der Waals surface area contributed by atoms with E-state index in [4.69, 9.17) is 4.74 Å². The first-order valence-corrected chi connectivity index (χ1v) is 8.30. The Labute approximate surface area is 144 Å². The van der Waals surface area contributed by atoms with E-state index in [-0.39, 0.29) is 18.2 Å². The quantitative estimate of drug-likeness (QED) is 0.760. The van der Waals surface area contributed by atoms with Crippen LogP contribution in [0.15, 0.2) is 29.1 Å². The minimum absolute atomic E-state index is 0.0589. The van der Waals surface area contributed by atoms with Gasteiger partial charge in [0, 0.05) is 38.2 Å². The van der Waals surface area contributed by atoms with Crippen molar-refractivity contribution in [3.63, 3.8) is 0 Å². The van der Waals surface area contributed by atoms with E-state index in [1.165, 1.54) is 0 Å². The number of hydrogen-bond donors (Lipinski definition) is 3. The van der Waals surface area contributed by atoms with Gasteiger partial charge in [-0.1, -0.05) is 18.2 Å². The van der Waals surface area contributed by atoms with E-state index in [9.17, 15) is 9.59 Å². The Hall–Kier alpha value is -3.03. The molecule has 0 unspecified atom stereocenters. The van der Waals surface area contributed by atoms with Crippen LogP contribution in [-0.4, -0.2) is 47.1 Å². The van der Waals surface area contributed by atoms with Gasteiger partial charge < -0.3 is 20.3 Å². The van der Waals surface area contributed by atoms with Gasteiger partial charge in [-0.15, -0.1) is 0 Å². The van der Waals surface area contributed by atoms with Gasteiger partial charge in [0.1, 0.15) is 12.4 Å². The highest BCUT2D eigenvalue weighted by Crippen LogP contribution is 2.25. The Bertz CT molecular complexity index is 864. The van der Waals surface area contributed by atoms with Crippen LogP contribution in [0.1, 0.15) is 16.8 Å². The molecular weight excluding hydrogens is 322 g/mol. The van der Waals surface area contributed by atoms with E-state index in [1.807, 2.05) is 24.3 Å². The number of fused-ring (bicyclic) bond motifs is 2. The number of aromatic nitrogens is 2. The zero-order valence-electron chi connectivity index (χ0n) is 13.7. The summed E-state index contributed by atoms with van der Waals surface area (Å²) >= 11 is 0. The van der Waals surface area contributed by atoms with Crippen molar-refractivity contribution in [3.8, 4) is 5.75 Å². The zero-order chi connectivity index (χ0) is 17.2. The number of nitrogens with zero attached hydrogens (tertiary/aromatic N) is 2. The fourth-order valence-electron chi connectivity index (χ4n) is 3.09. The number of hydrogen-bond acceptors (Lipinski definition) is 5. The second kappa shape index (κ2) is 6.46. The first kappa shape index (κ1) is 15.5. The molecular formula is C17H19N5O3. The van der Waals surface area contributed by atoms with Crippen LogP contribution < -0.4 is 20.9 Å². The minimum Gasteiger partial charge on any atom is -0.487 e. The van der Waals surface area contributed by atoms with Crippen molar-refractivity contribution in [2.24, 2.45) is 0 Å². The minimum atomic E-state index is -0.160. The third-order valence-corrected chi connectivity index (χ3v) is 4.42. The third kappa shape index (κ3) is 3.15. The highest BCUT2D eigenvalue weighted by molar-refractivity contribution is 5.76. The van der Waals surface area contributed by atoms with Gasteiger partial charge in [-0.05, 0) is 11.6 Å². The average Bonchev–Trinajstić information content (AvgIpc) is 2.91. The number of anilines is 1. The Morgan fingerprint density at radius 1 is 1.28 bits per heavy atom. The number of H-pyrrole nitrogens is 1. The molecule has 2 aromatic rings. The fourth-order valence-corrected chi connectivity index (χ4v) is 3.09. The Morgan fingerprint density at radius 2 is 2.16 bits per heavy atom. The number of carbonyl (C=O) groups excluding carboxylic acids is 1. The third-order valence-electron chi connectivity index (χ3n) is 4.42. The molecule has 0 radical (unpaired) electrons. The van der Waals surface area contributed by atoms with Crippen LogP contribution in [0, 0.1) is 0 Å². The lowest BCUT2D eigenvalue weighted by Crippen LogP contribution is -2.33. The molecule has 2 amide bonds. The van der Waals surface area contributed by atoms with Crippen LogP contribution >= 0.6 is 0 Å². The maximum absolute atomic E-state index is 12.5.